The number of fused-ring (bicyclic) bond motifs is 5. The molecule has 29 heavy (non-hydrogen) atoms. The zero-order chi connectivity index (χ0) is 21.1. The third-order valence-corrected chi connectivity index (χ3v) is 8.70. The van der Waals surface area contributed by atoms with Crippen LogP contribution in [0.25, 0.3) is 0 Å². The number of hydrogen-bond donors (Lipinski definition) is 0. The van der Waals surface area contributed by atoms with Crippen LogP contribution in [0.4, 0.5) is 0 Å². The largest absolute Gasteiger partial charge is 0.463 e. The van der Waals surface area contributed by atoms with Gasteiger partial charge < -0.3 is 9.47 Å². The van der Waals surface area contributed by atoms with E-state index in [9.17, 15) is 19.2 Å². The van der Waals surface area contributed by atoms with Gasteiger partial charge in [-0.05, 0) is 49.4 Å². The molecule has 0 bridgehead atoms. The quantitative estimate of drug-likeness (QED) is 0.657. The van der Waals surface area contributed by atoms with E-state index < -0.39 is 11.5 Å². The first kappa shape index (κ1) is 20.5. The van der Waals surface area contributed by atoms with Gasteiger partial charge in [0.15, 0.2) is 0 Å². The molecule has 0 aliphatic heterocycles. The topological polar surface area (TPSA) is 86.7 Å². The van der Waals surface area contributed by atoms with Crippen LogP contribution in [0.2, 0.25) is 0 Å². The lowest BCUT2D eigenvalue weighted by Gasteiger charge is -2.60. The van der Waals surface area contributed by atoms with Gasteiger partial charge in [-0.1, -0.05) is 13.8 Å². The molecule has 0 heterocycles. The molecule has 4 rings (SSSR count). The lowest BCUT2D eigenvalue weighted by Crippen LogP contribution is -2.62. The van der Waals surface area contributed by atoms with Crippen LogP contribution in [0.3, 0.4) is 0 Å². The van der Waals surface area contributed by atoms with Crippen LogP contribution in [0, 0.1) is 34.5 Å². The van der Waals surface area contributed by atoms with E-state index >= 15 is 0 Å². The minimum absolute atomic E-state index is 0.0447. The van der Waals surface area contributed by atoms with Crippen LogP contribution >= 0.6 is 0 Å². The molecule has 0 N–H and O–H groups in total. The van der Waals surface area contributed by atoms with E-state index in [1.165, 1.54) is 13.8 Å². The second kappa shape index (κ2) is 6.92. The Morgan fingerprint density at radius 1 is 1.03 bits per heavy atom. The summed E-state index contributed by atoms with van der Waals surface area (Å²) in [6.45, 7) is 7.02. The van der Waals surface area contributed by atoms with E-state index in [0.717, 1.165) is 19.3 Å². The Morgan fingerprint density at radius 3 is 2.38 bits per heavy atom. The minimum Gasteiger partial charge on any atom is -0.463 e. The van der Waals surface area contributed by atoms with Crippen molar-refractivity contribution < 1.29 is 28.7 Å². The molecular formula is C23H32O6. The first-order valence-corrected chi connectivity index (χ1v) is 11.0. The van der Waals surface area contributed by atoms with Gasteiger partial charge in [0.25, 0.3) is 0 Å². The molecule has 0 aromatic carbocycles. The monoisotopic (exact) mass is 404 g/mol. The van der Waals surface area contributed by atoms with Crippen LogP contribution in [0.15, 0.2) is 0 Å². The summed E-state index contributed by atoms with van der Waals surface area (Å²) >= 11 is 0. The van der Waals surface area contributed by atoms with Crippen molar-refractivity contribution in [1.82, 2.24) is 0 Å². The summed E-state index contributed by atoms with van der Waals surface area (Å²) in [5.41, 5.74) is -0.739. The highest BCUT2D eigenvalue weighted by atomic mass is 16.5. The number of hydrogen-bond acceptors (Lipinski definition) is 6. The van der Waals surface area contributed by atoms with E-state index in [1.54, 1.807) is 0 Å². The van der Waals surface area contributed by atoms with Gasteiger partial charge in [0.2, 0.25) is 0 Å². The molecule has 4 saturated carbocycles. The Kier molecular flexibility index (Phi) is 4.90. The van der Waals surface area contributed by atoms with Gasteiger partial charge in [-0.2, -0.15) is 0 Å². The average molecular weight is 405 g/mol. The standard InChI is InChI=1S/C23H32O6/c1-12(24)28-15-7-8-22(3)14(9-15)10-17(26)20-16-5-6-19(27)23(16,4)11-18(21(20)22)29-13(2)25/h14-16,18,20-21H,5-11H2,1-4H3/t14-,15-,16+,18-,20-,21+,22+,23+/m1/s1. The molecule has 8 atom stereocenters. The highest BCUT2D eigenvalue weighted by Crippen LogP contribution is 2.65. The molecule has 6 nitrogen and oxygen atoms in total. The lowest BCUT2D eigenvalue weighted by molar-refractivity contribution is -0.197. The van der Waals surface area contributed by atoms with Crippen molar-refractivity contribution in [2.75, 3.05) is 0 Å². The highest BCUT2D eigenvalue weighted by Gasteiger charge is 2.66. The van der Waals surface area contributed by atoms with Crippen molar-refractivity contribution in [1.29, 1.82) is 0 Å². The molecule has 0 radical (unpaired) electrons. The zero-order valence-electron chi connectivity index (χ0n) is 17.9. The third-order valence-electron chi connectivity index (χ3n) is 8.70. The van der Waals surface area contributed by atoms with Gasteiger partial charge in [-0.25, -0.2) is 0 Å². The molecule has 4 fully saturated rings. The number of Topliss-reactive ketones (excluding diaryl/α,β-unsaturated/α-hetero) is 2. The van der Waals surface area contributed by atoms with Gasteiger partial charge in [-0.3, -0.25) is 19.2 Å². The van der Waals surface area contributed by atoms with Crippen molar-refractivity contribution in [2.45, 2.75) is 84.8 Å². The fourth-order valence-electron chi connectivity index (χ4n) is 7.41. The van der Waals surface area contributed by atoms with Gasteiger partial charge in [0.05, 0.1) is 0 Å². The second-order valence-corrected chi connectivity index (χ2v) is 10.3. The predicted molar refractivity (Wildman–Crippen MR) is 104 cm³/mol. The molecule has 0 aromatic heterocycles. The van der Waals surface area contributed by atoms with Crippen molar-refractivity contribution in [2.24, 2.45) is 34.5 Å². The van der Waals surface area contributed by atoms with Gasteiger partial charge >= 0.3 is 11.9 Å². The van der Waals surface area contributed by atoms with E-state index in [0.29, 0.717) is 25.7 Å². The SMILES string of the molecule is CC(=O)O[C@@H]1CC[C@@]2(C)[C@@H](CC(=O)[C@@H]3[C@@H]2[C@H](OC(C)=O)C[C@]2(C)C(=O)CC[C@@H]32)C1. The smallest absolute Gasteiger partial charge is 0.302 e. The van der Waals surface area contributed by atoms with Crippen LogP contribution in [-0.2, 0) is 28.7 Å². The molecule has 0 unspecified atom stereocenters. The summed E-state index contributed by atoms with van der Waals surface area (Å²) in [6.07, 6.45) is 3.95. The zero-order valence-corrected chi connectivity index (χ0v) is 17.9. The van der Waals surface area contributed by atoms with E-state index in [4.69, 9.17) is 9.47 Å². The summed E-state index contributed by atoms with van der Waals surface area (Å²) in [5.74, 6) is -0.379. The van der Waals surface area contributed by atoms with E-state index in [1.807, 2.05) is 6.92 Å². The number of esters is 2. The number of carbonyl (C=O) groups excluding carboxylic acids is 4. The third kappa shape index (κ3) is 3.14. The first-order chi connectivity index (χ1) is 13.6. The number of ether oxygens (including phenoxy) is 2. The highest BCUT2D eigenvalue weighted by molar-refractivity contribution is 5.91. The average Bonchev–Trinajstić information content (AvgIpc) is 2.90. The molecule has 0 spiro atoms. The van der Waals surface area contributed by atoms with Crippen LogP contribution < -0.4 is 0 Å². The van der Waals surface area contributed by atoms with Crippen LogP contribution in [-0.4, -0.2) is 35.7 Å². The molecule has 0 amide bonds. The van der Waals surface area contributed by atoms with Crippen LogP contribution in [0.5, 0.6) is 0 Å². The Hall–Kier alpha value is -1.72. The van der Waals surface area contributed by atoms with Crippen molar-refractivity contribution in [3.63, 3.8) is 0 Å². The fraction of sp³-hybridized carbons (Fsp3) is 0.826. The summed E-state index contributed by atoms with van der Waals surface area (Å²) in [5, 5.41) is 0. The molecule has 4 aliphatic carbocycles. The summed E-state index contributed by atoms with van der Waals surface area (Å²) < 4.78 is 11.3. The van der Waals surface area contributed by atoms with Crippen molar-refractivity contribution in [3.8, 4) is 0 Å². The Morgan fingerprint density at radius 2 is 1.72 bits per heavy atom. The maximum absolute atomic E-state index is 13.4. The molecule has 0 aromatic rings. The maximum atomic E-state index is 13.4. The van der Waals surface area contributed by atoms with Gasteiger partial charge in [0.1, 0.15) is 23.8 Å². The number of carbonyl (C=O) groups is 4. The Balaban J connectivity index is 1.71. The minimum atomic E-state index is -0.574. The number of ketones is 2. The summed E-state index contributed by atoms with van der Waals surface area (Å²) in [6, 6.07) is 0. The normalized spacial score (nSPS) is 46.3. The van der Waals surface area contributed by atoms with Crippen molar-refractivity contribution in [3.05, 3.63) is 0 Å². The molecule has 160 valence electrons. The van der Waals surface area contributed by atoms with E-state index in [-0.39, 0.29) is 58.7 Å². The molecular weight excluding hydrogens is 372 g/mol. The molecule has 0 saturated heterocycles. The molecule has 4 aliphatic rings. The predicted octanol–water partition coefficient (Wildman–Crippen LogP) is 3.25. The lowest BCUT2D eigenvalue weighted by atomic mass is 9.44. The Labute approximate surface area is 172 Å². The fourth-order valence-corrected chi connectivity index (χ4v) is 7.41. The Bertz CT molecular complexity index is 758. The summed E-state index contributed by atoms with van der Waals surface area (Å²) in [7, 11) is 0. The maximum Gasteiger partial charge on any atom is 0.302 e. The van der Waals surface area contributed by atoms with Crippen LogP contribution in [0.1, 0.15) is 72.6 Å². The van der Waals surface area contributed by atoms with Crippen molar-refractivity contribution >= 4 is 23.5 Å². The van der Waals surface area contributed by atoms with Gasteiger partial charge in [0, 0.05) is 43.9 Å². The van der Waals surface area contributed by atoms with E-state index in [2.05, 4.69) is 6.92 Å². The summed E-state index contributed by atoms with van der Waals surface area (Å²) in [4.78, 5) is 49.5. The first-order valence-electron chi connectivity index (χ1n) is 11.0. The van der Waals surface area contributed by atoms with Gasteiger partial charge in [-0.15, -0.1) is 0 Å². The molecule has 6 heteroatoms. The number of rotatable bonds is 2. The second-order valence-electron chi connectivity index (χ2n) is 10.3.